The van der Waals surface area contributed by atoms with E-state index in [1.54, 1.807) is 10.8 Å². The molecular formula is C8H10ClN3S. The molecule has 13 heavy (non-hydrogen) atoms. The van der Waals surface area contributed by atoms with Gasteiger partial charge >= 0.3 is 0 Å². The summed E-state index contributed by atoms with van der Waals surface area (Å²) in [6, 6.07) is 1.52. The topological polar surface area (TPSA) is 41.7 Å². The molecule has 0 fully saturated rings. The van der Waals surface area contributed by atoms with Gasteiger partial charge in [-0.05, 0) is 13.2 Å². The Balaban J connectivity index is 3.38. The van der Waals surface area contributed by atoms with E-state index in [0.29, 0.717) is 10.6 Å². The lowest BCUT2D eigenvalue weighted by Gasteiger charge is -2.05. The number of halogens is 1. The molecule has 1 aromatic rings. The predicted molar refractivity (Wildman–Crippen MR) is 55.9 cm³/mol. The van der Waals surface area contributed by atoms with Crippen molar-refractivity contribution in [3.63, 3.8) is 0 Å². The van der Waals surface area contributed by atoms with E-state index in [-0.39, 0.29) is 0 Å². The van der Waals surface area contributed by atoms with Crippen LogP contribution < -0.4 is 5.49 Å². The smallest absolute Gasteiger partial charge is 0.174 e. The molecule has 0 aromatic carbocycles. The number of nitrogens with zero attached hydrogens (tertiary/aromatic N) is 2. The summed E-state index contributed by atoms with van der Waals surface area (Å²) in [6.45, 7) is 1.89. The molecule has 0 saturated carbocycles. The Morgan fingerprint density at radius 3 is 2.92 bits per heavy atom. The molecule has 0 unspecified atom stereocenters. The van der Waals surface area contributed by atoms with Crippen molar-refractivity contribution in [2.45, 2.75) is 12.1 Å². The quantitative estimate of drug-likeness (QED) is 0.467. The molecule has 0 aliphatic heterocycles. The first kappa shape index (κ1) is 10.3. The van der Waals surface area contributed by atoms with Crippen molar-refractivity contribution in [3.8, 4) is 0 Å². The van der Waals surface area contributed by atoms with Crippen LogP contribution in [0.5, 0.6) is 0 Å². The zero-order valence-electron chi connectivity index (χ0n) is 7.41. The van der Waals surface area contributed by atoms with E-state index in [1.165, 1.54) is 17.8 Å². The fraction of sp³-hybridized carbons (Fsp3) is 0.250. The molecule has 1 N–H and O–H groups in total. The van der Waals surface area contributed by atoms with Gasteiger partial charge in [0.15, 0.2) is 5.16 Å². The number of rotatable bonds is 2. The predicted octanol–water partition coefficient (Wildman–Crippen LogP) is 2.23. The van der Waals surface area contributed by atoms with Crippen molar-refractivity contribution < 1.29 is 0 Å². The van der Waals surface area contributed by atoms with Gasteiger partial charge in [0.2, 0.25) is 0 Å². The van der Waals surface area contributed by atoms with Crippen LogP contribution in [0.15, 0.2) is 17.3 Å². The van der Waals surface area contributed by atoms with Crippen LogP contribution in [-0.2, 0) is 0 Å². The van der Waals surface area contributed by atoms with Gasteiger partial charge in [-0.1, -0.05) is 29.4 Å². The van der Waals surface area contributed by atoms with Crippen LogP contribution in [0.2, 0.25) is 5.15 Å². The standard InChI is InChI=1S/C8H10ClN3S/c1-3-4-12-7(10)5-6(9)11-8(12)13-2/h3-5,10H,1-2H3/b4-3+,10-7?. The van der Waals surface area contributed by atoms with Crippen molar-refractivity contribution in [2.24, 2.45) is 0 Å². The van der Waals surface area contributed by atoms with Gasteiger partial charge in [-0.2, -0.15) is 0 Å². The molecule has 0 radical (unpaired) electrons. The first-order valence-electron chi connectivity index (χ1n) is 3.69. The molecule has 0 saturated heterocycles. The Morgan fingerprint density at radius 2 is 2.38 bits per heavy atom. The van der Waals surface area contributed by atoms with Gasteiger partial charge in [0.25, 0.3) is 0 Å². The van der Waals surface area contributed by atoms with Crippen molar-refractivity contribution in [1.29, 1.82) is 5.41 Å². The minimum atomic E-state index is 0.336. The highest BCUT2D eigenvalue weighted by Crippen LogP contribution is 2.12. The first-order valence-corrected chi connectivity index (χ1v) is 5.29. The SMILES string of the molecule is C/C=C/n1c(SC)nc(Cl)cc1=N. The Labute approximate surface area is 86.0 Å². The molecule has 0 spiro atoms. The minimum Gasteiger partial charge on any atom is -0.284 e. The summed E-state index contributed by atoms with van der Waals surface area (Å²) >= 11 is 7.18. The highest BCUT2D eigenvalue weighted by Gasteiger charge is 2.01. The molecule has 5 heteroatoms. The normalized spacial score (nSPS) is 11.0. The van der Waals surface area contributed by atoms with E-state index in [2.05, 4.69) is 4.98 Å². The molecule has 0 atom stereocenters. The van der Waals surface area contributed by atoms with Crippen molar-refractivity contribution in [3.05, 3.63) is 22.8 Å². The van der Waals surface area contributed by atoms with Gasteiger partial charge in [-0.3, -0.25) is 9.98 Å². The minimum absolute atomic E-state index is 0.336. The monoisotopic (exact) mass is 215 g/mol. The summed E-state index contributed by atoms with van der Waals surface area (Å²) in [5.74, 6) is 0. The van der Waals surface area contributed by atoms with E-state index < -0.39 is 0 Å². The van der Waals surface area contributed by atoms with E-state index in [4.69, 9.17) is 17.0 Å². The van der Waals surface area contributed by atoms with Crippen LogP contribution in [0, 0.1) is 5.41 Å². The molecule has 70 valence electrons. The summed E-state index contributed by atoms with van der Waals surface area (Å²) in [5.41, 5.74) is 0.336. The second-order valence-electron chi connectivity index (χ2n) is 2.30. The molecule has 0 amide bonds. The van der Waals surface area contributed by atoms with Crippen LogP contribution in [0.3, 0.4) is 0 Å². The largest absolute Gasteiger partial charge is 0.284 e. The average Bonchev–Trinajstić information content (AvgIpc) is 2.09. The molecule has 0 bridgehead atoms. The van der Waals surface area contributed by atoms with Crippen molar-refractivity contribution >= 4 is 29.6 Å². The highest BCUT2D eigenvalue weighted by molar-refractivity contribution is 7.98. The summed E-state index contributed by atoms with van der Waals surface area (Å²) in [6.07, 6.45) is 5.54. The summed E-state index contributed by atoms with van der Waals surface area (Å²) in [5, 5.41) is 8.71. The lowest BCUT2D eigenvalue weighted by Crippen LogP contribution is -2.17. The van der Waals surface area contributed by atoms with E-state index in [1.807, 2.05) is 19.3 Å². The number of thioether (sulfide) groups is 1. The average molecular weight is 216 g/mol. The van der Waals surface area contributed by atoms with E-state index in [0.717, 1.165) is 5.16 Å². The third-order valence-electron chi connectivity index (χ3n) is 1.40. The highest BCUT2D eigenvalue weighted by atomic mass is 35.5. The van der Waals surface area contributed by atoms with Crippen LogP contribution >= 0.6 is 23.4 Å². The zero-order chi connectivity index (χ0) is 9.84. The Hall–Kier alpha value is -0.740. The number of aromatic nitrogens is 2. The lowest BCUT2D eigenvalue weighted by atomic mass is 10.6. The maximum Gasteiger partial charge on any atom is 0.174 e. The van der Waals surface area contributed by atoms with Gasteiger partial charge in [-0.15, -0.1) is 0 Å². The van der Waals surface area contributed by atoms with Crippen molar-refractivity contribution in [1.82, 2.24) is 9.55 Å². The molecule has 1 rings (SSSR count). The maximum atomic E-state index is 7.63. The summed E-state index contributed by atoms with van der Waals surface area (Å²) in [7, 11) is 0. The van der Waals surface area contributed by atoms with E-state index in [9.17, 15) is 0 Å². The molecule has 0 aliphatic rings. The zero-order valence-corrected chi connectivity index (χ0v) is 8.99. The molecule has 0 aliphatic carbocycles. The number of hydrogen-bond acceptors (Lipinski definition) is 3. The van der Waals surface area contributed by atoms with Crippen molar-refractivity contribution in [2.75, 3.05) is 6.26 Å². The molecule has 3 nitrogen and oxygen atoms in total. The fourth-order valence-corrected chi connectivity index (χ4v) is 1.68. The number of nitrogens with one attached hydrogen (secondary N) is 1. The van der Waals surface area contributed by atoms with Gasteiger partial charge in [-0.25, -0.2) is 4.98 Å². The maximum absolute atomic E-state index is 7.63. The second-order valence-corrected chi connectivity index (χ2v) is 3.46. The molecular weight excluding hydrogens is 206 g/mol. The van der Waals surface area contributed by atoms with Gasteiger partial charge < -0.3 is 0 Å². The summed E-state index contributed by atoms with van der Waals surface area (Å²) < 4.78 is 1.68. The van der Waals surface area contributed by atoms with Crippen LogP contribution in [-0.4, -0.2) is 15.8 Å². The Kier molecular flexibility index (Phi) is 3.57. The Bertz CT molecular complexity index is 383. The molecule has 1 heterocycles. The lowest BCUT2D eigenvalue weighted by molar-refractivity contribution is 0.802. The van der Waals surface area contributed by atoms with Gasteiger partial charge in [0, 0.05) is 12.3 Å². The van der Waals surface area contributed by atoms with Gasteiger partial charge in [0.1, 0.15) is 10.6 Å². The first-order chi connectivity index (χ1) is 6.19. The fourth-order valence-electron chi connectivity index (χ4n) is 0.900. The number of hydrogen-bond donors (Lipinski definition) is 1. The third kappa shape index (κ3) is 2.35. The Morgan fingerprint density at radius 1 is 1.69 bits per heavy atom. The second kappa shape index (κ2) is 4.48. The third-order valence-corrected chi connectivity index (χ3v) is 2.25. The number of allylic oxidation sites excluding steroid dienone is 1. The van der Waals surface area contributed by atoms with Crippen LogP contribution in [0.4, 0.5) is 0 Å². The van der Waals surface area contributed by atoms with Crippen LogP contribution in [0.1, 0.15) is 6.92 Å². The van der Waals surface area contributed by atoms with E-state index >= 15 is 0 Å². The van der Waals surface area contributed by atoms with Gasteiger partial charge in [0.05, 0.1) is 0 Å². The molecule has 1 aromatic heterocycles. The van der Waals surface area contributed by atoms with Crippen LogP contribution in [0.25, 0.3) is 6.20 Å². The summed E-state index contributed by atoms with van der Waals surface area (Å²) in [4.78, 5) is 4.09.